The van der Waals surface area contributed by atoms with Crippen molar-refractivity contribution in [2.75, 3.05) is 26.2 Å². The van der Waals surface area contributed by atoms with Crippen LogP contribution in [-0.4, -0.2) is 74.9 Å². The zero-order valence-corrected chi connectivity index (χ0v) is 21.9. The van der Waals surface area contributed by atoms with Crippen molar-refractivity contribution in [3.8, 4) is 0 Å². The summed E-state index contributed by atoms with van der Waals surface area (Å²) in [5, 5.41) is 3.21. The first-order chi connectivity index (χ1) is 18.9. The Morgan fingerprint density at radius 2 is 1.90 bits per heavy atom. The van der Waals surface area contributed by atoms with Gasteiger partial charge in [-0.3, -0.25) is 9.98 Å². The number of aliphatic imine (C=N–C) groups is 1. The summed E-state index contributed by atoms with van der Waals surface area (Å²) in [6, 6.07) is 6.08. The first-order valence-electron chi connectivity index (χ1n) is 13.8. The Hall–Kier alpha value is -3.76. The number of benzene rings is 1. The smallest absolute Gasteiger partial charge is 0.325 e. The molecule has 3 aromatic rings. The third kappa shape index (κ3) is 4.79. The Kier molecular flexibility index (Phi) is 6.82. The molecule has 1 aromatic carbocycles. The van der Waals surface area contributed by atoms with Crippen LogP contribution in [0.1, 0.15) is 62.0 Å². The van der Waals surface area contributed by atoms with E-state index in [0.29, 0.717) is 50.2 Å². The molecule has 0 saturated carbocycles. The van der Waals surface area contributed by atoms with Crippen LogP contribution in [0.5, 0.6) is 0 Å². The third-order valence-electron chi connectivity index (χ3n) is 8.60. The van der Waals surface area contributed by atoms with Crippen molar-refractivity contribution < 1.29 is 13.6 Å². The number of aromatic amines is 2. The lowest BCUT2D eigenvalue weighted by Crippen LogP contribution is -2.53. The summed E-state index contributed by atoms with van der Waals surface area (Å²) in [6.45, 7) is 4.48. The molecule has 3 aliphatic heterocycles. The highest BCUT2D eigenvalue weighted by Gasteiger charge is 2.38. The zero-order chi connectivity index (χ0) is 27.1. The Morgan fingerprint density at radius 1 is 1.08 bits per heavy atom. The number of aromatic nitrogens is 3. The maximum atomic E-state index is 14.7. The maximum Gasteiger partial charge on any atom is 0.325 e. The van der Waals surface area contributed by atoms with E-state index in [1.54, 1.807) is 18.3 Å². The summed E-state index contributed by atoms with van der Waals surface area (Å²) in [6.07, 6.45) is 5.35. The number of pyridine rings is 1. The van der Waals surface area contributed by atoms with Crippen LogP contribution in [0.15, 0.2) is 40.2 Å². The molecule has 11 heteroatoms. The summed E-state index contributed by atoms with van der Waals surface area (Å²) in [5.41, 5.74) is 2.44. The van der Waals surface area contributed by atoms with Crippen LogP contribution in [0.25, 0.3) is 11.2 Å². The van der Waals surface area contributed by atoms with E-state index in [1.807, 2.05) is 11.0 Å². The van der Waals surface area contributed by atoms with Crippen LogP contribution in [0.2, 0.25) is 0 Å². The largest absolute Gasteiger partial charge is 0.353 e. The lowest BCUT2D eigenvalue weighted by molar-refractivity contribution is 0.179. The van der Waals surface area contributed by atoms with Crippen LogP contribution < -0.4 is 11.0 Å². The predicted octanol–water partition coefficient (Wildman–Crippen LogP) is 3.86. The minimum absolute atomic E-state index is 0.133. The van der Waals surface area contributed by atoms with Crippen molar-refractivity contribution in [1.82, 2.24) is 30.1 Å². The molecule has 2 aromatic heterocycles. The predicted molar refractivity (Wildman–Crippen MR) is 144 cm³/mol. The minimum Gasteiger partial charge on any atom is -0.353 e. The molecule has 6 rings (SSSR count). The Morgan fingerprint density at radius 3 is 2.69 bits per heavy atom. The number of rotatable bonds is 4. The summed E-state index contributed by atoms with van der Waals surface area (Å²) in [7, 11) is 0. The molecule has 0 spiro atoms. The van der Waals surface area contributed by atoms with Crippen LogP contribution in [0, 0.1) is 11.6 Å². The fourth-order valence-electron chi connectivity index (χ4n) is 6.46. The molecule has 9 nitrogen and oxygen atoms in total. The van der Waals surface area contributed by atoms with Gasteiger partial charge in [0, 0.05) is 37.8 Å². The SMILES string of the molecule is CCC1CN=C2[C@H](NC(=O)N3CCC(c4ccnc5[nH]c(=O)[nH]c45)CC3)CC[C@@H](c3cccc(F)c3F)CN21. The second-order valence-electron chi connectivity index (χ2n) is 10.8. The monoisotopic (exact) mass is 537 g/mol. The van der Waals surface area contributed by atoms with Crippen LogP contribution >= 0.6 is 0 Å². The number of halogens is 2. The number of carbonyl (C=O) groups excluding carboxylic acids is 1. The minimum atomic E-state index is -0.831. The molecule has 39 heavy (non-hydrogen) atoms. The van der Waals surface area contributed by atoms with Gasteiger partial charge < -0.3 is 20.1 Å². The average Bonchev–Trinajstić information content (AvgIpc) is 3.48. The van der Waals surface area contributed by atoms with Crippen LogP contribution in [0.4, 0.5) is 13.6 Å². The molecule has 1 unspecified atom stereocenters. The van der Waals surface area contributed by atoms with Gasteiger partial charge in [0.05, 0.1) is 18.1 Å². The van der Waals surface area contributed by atoms with Gasteiger partial charge in [0.25, 0.3) is 0 Å². The van der Waals surface area contributed by atoms with Gasteiger partial charge >= 0.3 is 11.7 Å². The van der Waals surface area contributed by atoms with Gasteiger partial charge in [0.1, 0.15) is 5.84 Å². The Bertz CT molecular complexity index is 1460. The number of likely N-dealkylation sites (tertiary alicyclic amines) is 1. The second kappa shape index (κ2) is 10.4. The van der Waals surface area contributed by atoms with Crippen molar-refractivity contribution in [3.63, 3.8) is 0 Å². The lowest BCUT2D eigenvalue weighted by atomic mass is 9.89. The Labute approximate surface area is 224 Å². The number of nitrogens with zero attached hydrogens (tertiary/aromatic N) is 4. The molecule has 0 aliphatic carbocycles. The van der Waals surface area contributed by atoms with E-state index in [0.717, 1.165) is 42.2 Å². The maximum absolute atomic E-state index is 14.7. The third-order valence-corrected chi connectivity index (χ3v) is 8.60. The number of carbonyl (C=O) groups is 1. The van der Waals surface area contributed by atoms with E-state index < -0.39 is 11.6 Å². The number of nitrogens with one attached hydrogen (secondary N) is 3. The van der Waals surface area contributed by atoms with E-state index in [-0.39, 0.29) is 35.6 Å². The first kappa shape index (κ1) is 25.5. The molecule has 2 fully saturated rings. The highest BCUT2D eigenvalue weighted by molar-refractivity contribution is 5.93. The van der Waals surface area contributed by atoms with E-state index in [9.17, 15) is 18.4 Å². The van der Waals surface area contributed by atoms with E-state index in [2.05, 4.69) is 32.1 Å². The van der Waals surface area contributed by atoms with Gasteiger partial charge in [-0.1, -0.05) is 19.1 Å². The number of hydrogen-bond acceptors (Lipinski definition) is 5. The molecule has 5 heterocycles. The van der Waals surface area contributed by atoms with Gasteiger partial charge in [0.15, 0.2) is 17.3 Å². The lowest BCUT2D eigenvalue weighted by Gasteiger charge is -2.34. The average molecular weight is 538 g/mol. The molecule has 2 saturated heterocycles. The number of fused-ring (bicyclic) bond motifs is 2. The number of amides is 2. The van der Waals surface area contributed by atoms with Gasteiger partial charge in [-0.25, -0.2) is 23.4 Å². The first-order valence-corrected chi connectivity index (χ1v) is 13.8. The van der Waals surface area contributed by atoms with Crippen LogP contribution in [0.3, 0.4) is 0 Å². The van der Waals surface area contributed by atoms with Gasteiger partial charge in [0.2, 0.25) is 0 Å². The van der Waals surface area contributed by atoms with Gasteiger partial charge in [-0.15, -0.1) is 0 Å². The topological polar surface area (TPSA) is 109 Å². The van der Waals surface area contributed by atoms with Crippen molar-refractivity contribution in [2.45, 2.75) is 62.9 Å². The molecule has 3 atom stereocenters. The summed E-state index contributed by atoms with van der Waals surface area (Å²) in [4.78, 5) is 43.8. The molecule has 0 bridgehead atoms. The van der Waals surface area contributed by atoms with Crippen molar-refractivity contribution in [2.24, 2.45) is 4.99 Å². The van der Waals surface area contributed by atoms with Crippen molar-refractivity contribution >= 4 is 23.0 Å². The summed E-state index contributed by atoms with van der Waals surface area (Å²) in [5.74, 6) is -0.741. The summed E-state index contributed by atoms with van der Waals surface area (Å²) < 4.78 is 28.7. The zero-order valence-electron chi connectivity index (χ0n) is 21.9. The number of urea groups is 1. The quantitative estimate of drug-likeness (QED) is 0.470. The Balaban J connectivity index is 1.14. The second-order valence-corrected chi connectivity index (χ2v) is 10.8. The van der Waals surface area contributed by atoms with E-state index >= 15 is 0 Å². The van der Waals surface area contributed by atoms with Gasteiger partial charge in [-0.2, -0.15) is 0 Å². The standard InChI is InChI=1S/C28H33F2N7O2/c1-2-18-14-32-26-22(7-6-17(15-37(18)26)19-4-3-5-21(29)23(19)30)33-28(39)36-12-9-16(10-13-36)20-8-11-31-25-24(20)34-27(38)35-25/h3-5,8,11,16-18,22H,2,6-7,9-10,12-15H2,1H3,(H,33,39)(H2,31,34,35,38)/t17-,18?,22-/m1/s1. The molecular formula is C28H33F2N7O2. The molecule has 3 N–H and O–H groups in total. The number of hydrogen-bond donors (Lipinski definition) is 3. The van der Waals surface area contributed by atoms with Crippen molar-refractivity contribution in [1.29, 1.82) is 0 Å². The number of imidazole rings is 1. The number of piperidine rings is 1. The summed E-state index contributed by atoms with van der Waals surface area (Å²) >= 11 is 0. The van der Waals surface area contributed by atoms with Crippen LogP contribution in [-0.2, 0) is 0 Å². The number of H-pyrrole nitrogens is 2. The normalized spacial score (nSPS) is 24.0. The molecule has 206 valence electrons. The van der Waals surface area contributed by atoms with Crippen molar-refractivity contribution in [3.05, 3.63) is 63.7 Å². The molecular weight excluding hydrogens is 504 g/mol. The van der Waals surface area contributed by atoms with Gasteiger partial charge in [-0.05, 0) is 61.3 Å². The van der Waals surface area contributed by atoms with E-state index in [1.165, 1.54) is 0 Å². The molecule has 0 radical (unpaired) electrons. The molecule has 2 amide bonds. The van der Waals surface area contributed by atoms with E-state index in [4.69, 9.17) is 4.99 Å². The highest BCUT2D eigenvalue weighted by atomic mass is 19.2. The fourth-order valence-corrected chi connectivity index (χ4v) is 6.46. The highest BCUT2D eigenvalue weighted by Crippen LogP contribution is 2.34. The number of amidine groups is 1. The fraction of sp³-hybridized carbons (Fsp3) is 0.500. The molecule has 3 aliphatic rings.